The Hall–Kier alpha value is -3.00. The molecule has 1 aromatic heterocycles. The summed E-state index contributed by atoms with van der Waals surface area (Å²) in [5, 5.41) is 7.00. The molecular formula is C18H14FN3O3S. The van der Waals surface area contributed by atoms with Crippen LogP contribution in [0.25, 0.3) is 5.69 Å². The molecule has 26 heavy (non-hydrogen) atoms. The average molecular weight is 371 g/mol. The normalized spacial score (nSPS) is 14.8. The average Bonchev–Trinajstić information content (AvgIpc) is 3.09. The highest BCUT2D eigenvalue weighted by Crippen LogP contribution is 2.33. The summed E-state index contributed by atoms with van der Waals surface area (Å²) in [6.45, 7) is 0. The maximum Gasteiger partial charge on any atom is 0.259 e. The van der Waals surface area contributed by atoms with Crippen LogP contribution in [0.4, 0.5) is 10.2 Å². The van der Waals surface area contributed by atoms with Crippen molar-refractivity contribution in [2.24, 2.45) is 0 Å². The number of rotatable bonds is 3. The van der Waals surface area contributed by atoms with Gasteiger partial charge >= 0.3 is 0 Å². The molecule has 1 aliphatic rings. The van der Waals surface area contributed by atoms with E-state index in [0.29, 0.717) is 16.9 Å². The lowest BCUT2D eigenvalue weighted by Crippen LogP contribution is -2.18. The number of fused-ring (bicyclic) bond motifs is 1. The topological polar surface area (TPSA) is 81.1 Å². The van der Waals surface area contributed by atoms with E-state index < -0.39 is 21.6 Å². The minimum Gasteiger partial charge on any atom is -0.306 e. The van der Waals surface area contributed by atoms with Crippen molar-refractivity contribution in [3.05, 3.63) is 77.2 Å². The zero-order valence-electron chi connectivity index (χ0n) is 13.5. The van der Waals surface area contributed by atoms with Gasteiger partial charge in [-0.25, -0.2) is 17.5 Å². The zero-order chi connectivity index (χ0) is 18.3. The van der Waals surface area contributed by atoms with Gasteiger partial charge in [-0.3, -0.25) is 4.79 Å². The Labute approximate surface area is 149 Å². The third-order valence-electron chi connectivity index (χ3n) is 4.14. The largest absolute Gasteiger partial charge is 0.306 e. The van der Waals surface area contributed by atoms with Crippen molar-refractivity contribution in [1.29, 1.82) is 0 Å². The van der Waals surface area contributed by atoms with Gasteiger partial charge in [-0.1, -0.05) is 30.3 Å². The molecule has 3 aromatic rings. The summed E-state index contributed by atoms with van der Waals surface area (Å²) < 4.78 is 39.3. The molecule has 0 aliphatic carbocycles. The van der Waals surface area contributed by atoms with Crippen molar-refractivity contribution >= 4 is 21.6 Å². The fraction of sp³-hybridized carbons (Fsp3) is 0.111. The summed E-state index contributed by atoms with van der Waals surface area (Å²) in [6.07, 6.45) is 0. The molecule has 0 atom stereocenters. The lowest BCUT2D eigenvalue weighted by molar-refractivity contribution is 0.102. The second-order valence-corrected chi connectivity index (χ2v) is 8.05. The van der Waals surface area contributed by atoms with Gasteiger partial charge in [0.2, 0.25) is 0 Å². The van der Waals surface area contributed by atoms with E-state index in [2.05, 4.69) is 10.4 Å². The quantitative estimate of drug-likeness (QED) is 0.768. The first kappa shape index (κ1) is 16.5. The molecule has 8 heteroatoms. The van der Waals surface area contributed by atoms with Crippen molar-refractivity contribution < 1.29 is 17.6 Å². The molecule has 2 aromatic carbocycles. The first-order chi connectivity index (χ1) is 12.4. The van der Waals surface area contributed by atoms with Crippen LogP contribution >= 0.6 is 0 Å². The number of nitrogens with one attached hydrogen (secondary N) is 1. The van der Waals surface area contributed by atoms with Crippen LogP contribution < -0.4 is 5.32 Å². The third kappa shape index (κ3) is 2.88. The number of amides is 1. The highest BCUT2D eigenvalue weighted by atomic mass is 32.2. The Morgan fingerprint density at radius 3 is 2.46 bits per heavy atom. The Kier molecular flexibility index (Phi) is 3.84. The third-order valence-corrected chi connectivity index (χ3v) is 5.58. The molecule has 1 N–H and O–H groups in total. The van der Waals surface area contributed by atoms with E-state index in [4.69, 9.17) is 0 Å². The minimum absolute atomic E-state index is 0.122. The van der Waals surface area contributed by atoms with Crippen molar-refractivity contribution in [2.45, 2.75) is 11.5 Å². The molecule has 0 saturated heterocycles. The van der Waals surface area contributed by atoms with Gasteiger partial charge in [0.15, 0.2) is 9.84 Å². The van der Waals surface area contributed by atoms with Crippen molar-refractivity contribution in [3.63, 3.8) is 0 Å². The highest BCUT2D eigenvalue weighted by Gasteiger charge is 2.33. The zero-order valence-corrected chi connectivity index (χ0v) is 14.3. The standard InChI is InChI=1S/C18H14FN3O3S/c19-15-9-5-4-8-13(15)18(23)20-17-14-10-26(24,25)11-16(14)21-22(17)12-6-2-1-3-7-12/h1-9H,10-11H2,(H,20,23). The predicted molar refractivity (Wildman–Crippen MR) is 94.2 cm³/mol. The number of sulfone groups is 1. The number of hydrogen-bond donors (Lipinski definition) is 1. The SMILES string of the molecule is O=C(Nc1c2c(nn1-c1ccccc1)CS(=O)(=O)C2)c1ccccc1F. The van der Waals surface area contributed by atoms with E-state index >= 15 is 0 Å². The molecule has 132 valence electrons. The molecule has 0 radical (unpaired) electrons. The van der Waals surface area contributed by atoms with Gasteiger partial charge < -0.3 is 5.32 Å². The molecule has 0 bridgehead atoms. The summed E-state index contributed by atoms with van der Waals surface area (Å²) in [7, 11) is -3.29. The molecule has 6 nitrogen and oxygen atoms in total. The van der Waals surface area contributed by atoms with E-state index in [9.17, 15) is 17.6 Å². The number of anilines is 1. The van der Waals surface area contributed by atoms with Crippen molar-refractivity contribution in [2.75, 3.05) is 5.32 Å². The molecule has 0 saturated carbocycles. The second-order valence-electron chi connectivity index (χ2n) is 5.99. The van der Waals surface area contributed by atoms with Gasteiger partial charge in [-0.15, -0.1) is 0 Å². The molecule has 0 fully saturated rings. The van der Waals surface area contributed by atoms with E-state index in [0.717, 1.165) is 0 Å². The van der Waals surface area contributed by atoms with Crippen LogP contribution in [0.3, 0.4) is 0 Å². The van der Waals surface area contributed by atoms with Crippen LogP contribution in [0.2, 0.25) is 0 Å². The predicted octanol–water partition coefficient (Wildman–Crippen LogP) is 2.69. The molecule has 1 aliphatic heterocycles. The van der Waals surface area contributed by atoms with Gasteiger partial charge in [0.05, 0.1) is 28.5 Å². The molecular weight excluding hydrogens is 357 g/mol. The van der Waals surface area contributed by atoms with E-state index in [1.807, 2.05) is 6.07 Å². The van der Waals surface area contributed by atoms with Gasteiger partial charge in [0, 0.05) is 5.56 Å². The number of carbonyl (C=O) groups is 1. The summed E-state index contributed by atoms with van der Waals surface area (Å²) >= 11 is 0. The number of halogens is 1. The molecule has 4 rings (SSSR count). The Bertz CT molecular complexity index is 1110. The Balaban J connectivity index is 1.80. The molecule has 1 amide bonds. The number of aromatic nitrogens is 2. The van der Waals surface area contributed by atoms with Gasteiger partial charge in [0.1, 0.15) is 11.6 Å². The fourth-order valence-electron chi connectivity index (χ4n) is 2.95. The second kappa shape index (κ2) is 6.06. The smallest absolute Gasteiger partial charge is 0.259 e. The summed E-state index contributed by atoms with van der Waals surface area (Å²) in [5.41, 5.74) is 1.39. The Morgan fingerprint density at radius 2 is 1.73 bits per heavy atom. The number of para-hydroxylation sites is 1. The summed E-state index contributed by atoms with van der Waals surface area (Å²) in [4.78, 5) is 12.5. The summed E-state index contributed by atoms with van der Waals surface area (Å²) in [6, 6.07) is 14.6. The monoisotopic (exact) mass is 371 g/mol. The molecule has 2 heterocycles. The van der Waals surface area contributed by atoms with Crippen LogP contribution in [0, 0.1) is 5.82 Å². The van der Waals surface area contributed by atoms with Crippen LogP contribution in [-0.2, 0) is 21.3 Å². The minimum atomic E-state index is -3.29. The number of carbonyl (C=O) groups excluding carboxylic acids is 1. The van der Waals surface area contributed by atoms with Crippen molar-refractivity contribution in [1.82, 2.24) is 9.78 Å². The Morgan fingerprint density at radius 1 is 1.04 bits per heavy atom. The molecule has 0 spiro atoms. The summed E-state index contributed by atoms with van der Waals surface area (Å²) in [5.74, 6) is -1.44. The maximum atomic E-state index is 13.9. The number of nitrogens with zero attached hydrogens (tertiary/aromatic N) is 2. The van der Waals surface area contributed by atoms with E-state index in [1.165, 1.54) is 22.9 Å². The first-order valence-corrected chi connectivity index (χ1v) is 9.69. The van der Waals surface area contributed by atoms with E-state index in [-0.39, 0.29) is 22.9 Å². The van der Waals surface area contributed by atoms with Gasteiger partial charge in [-0.05, 0) is 24.3 Å². The van der Waals surface area contributed by atoms with Crippen LogP contribution in [0.5, 0.6) is 0 Å². The fourth-order valence-corrected chi connectivity index (χ4v) is 4.44. The lowest BCUT2D eigenvalue weighted by Gasteiger charge is -2.11. The maximum absolute atomic E-state index is 13.9. The van der Waals surface area contributed by atoms with Crippen LogP contribution in [-0.4, -0.2) is 24.1 Å². The van der Waals surface area contributed by atoms with E-state index in [1.54, 1.807) is 30.3 Å². The lowest BCUT2D eigenvalue weighted by atomic mass is 10.2. The van der Waals surface area contributed by atoms with Crippen LogP contribution in [0.1, 0.15) is 21.6 Å². The van der Waals surface area contributed by atoms with Gasteiger partial charge in [0.25, 0.3) is 5.91 Å². The number of benzene rings is 2. The van der Waals surface area contributed by atoms with Crippen LogP contribution in [0.15, 0.2) is 54.6 Å². The van der Waals surface area contributed by atoms with Gasteiger partial charge in [-0.2, -0.15) is 5.10 Å². The first-order valence-electron chi connectivity index (χ1n) is 7.87. The highest BCUT2D eigenvalue weighted by molar-refractivity contribution is 7.90. The number of hydrogen-bond acceptors (Lipinski definition) is 4. The van der Waals surface area contributed by atoms with Crippen molar-refractivity contribution in [3.8, 4) is 5.69 Å². The molecule has 0 unspecified atom stereocenters.